The normalized spacial score (nSPS) is 16.2. The molecular weight excluding hydrogens is 495 g/mol. The maximum atomic E-state index is 5.13. The van der Waals surface area contributed by atoms with Crippen LogP contribution < -0.4 is 10.6 Å². The molecule has 0 radical (unpaired) electrons. The first-order valence-electron chi connectivity index (χ1n) is 10.1. The zero-order valence-electron chi connectivity index (χ0n) is 17.4. The number of aromatic nitrogens is 5. The van der Waals surface area contributed by atoms with E-state index < -0.39 is 0 Å². The highest BCUT2D eigenvalue weighted by Gasteiger charge is 2.22. The zero-order valence-corrected chi connectivity index (χ0v) is 19.7. The van der Waals surface area contributed by atoms with Crippen molar-refractivity contribution in [2.75, 3.05) is 20.7 Å². The smallest absolute Gasteiger partial charge is 0.191 e. The lowest BCUT2D eigenvalue weighted by Gasteiger charge is -2.25. The number of hydrogen-bond donors (Lipinski definition) is 3. The first-order valence-corrected chi connectivity index (χ1v) is 10.1. The predicted molar refractivity (Wildman–Crippen MR) is 127 cm³/mol. The van der Waals surface area contributed by atoms with E-state index in [-0.39, 0.29) is 30.0 Å². The average Bonchev–Trinajstić information content (AvgIpc) is 3.33. The predicted octanol–water partition coefficient (Wildman–Crippen LogP) is 2.03. The number of nitrogens with zero attached hydrogens (tertiary/aromatic N) is 5. The number of benzene rings is 1. The molecule has 0 saturated carbocycles. The number of guanidine groups is 1. The number of aliphatic imine (C=N–C) groups is 1. The number of fused-ring (bicyclic) bond motifs is 2. The number of H-pyrrole nitrogens is 1. The average molecular weight is 524 g/mol. The Morgan fingerprint density at radius 3 is 3.00 bits per heavy atom. The summed E-state index contributed by atoms with van der Waals surface area (Å²) in [6, 6.07) is 8.39. The van der Waals surface area contributed by atoms with Gasteiger partial charge in [-0.2, -0.15) is 5.10 Å². The molecule has 9 nitrogen and oxygen atoms in total. The zero-order chi connectivity index (χ0) is 20.1. The van der Waals surface area contributed by atoms with Gasteiger partial charge in [0.2, 0.25) is 0 Å². The van der Waals surface area contributed by atoms with Crippen LogP contribution in [-0.4, -0.2) is 57.4 Å². The number of aryl methyl sites for hydroxylation is 2. The van der Waals surface area contributed by atoms with Gasteiger partial charge in [-0.25, -0.2) is 14.6 Å². The topological polar surface area (TPSA) is 105 Å². The quantitative estimate of drug-likeness (QED) is 0.189. The molecule has 1 unspecified atom stereocenters. The van der Waals surface area contributed by atoms with Crippen LogP contribution in [0.1, 0.15) is 30.3 Å². The van der Waals surface area contributed by atoms with Gasteiger partial charge in [0.15, 0.2) is 11.8 Å². The number of rotatable bonds is 7. The first-order chi connectivity index (χ1) is 14.2. The van der Waals surface area contributed by atoms with E-state index in [1.54, 1.807) is 14.2 Å². The molecular formula is C20H29IN8O. The summed E-state index contributed by atoms with van der Waals surface area (Å²) >= 11 is 0. The number of para-hydroxylation sites is 2. The number of halogens is 1. The monoisotopic (exact) mass is 524 g/mol. The molecule has 0 amide bonds. The first kappa shape index (κ1) is 22.5. The summed E-state index contributed by atoms with van der Waals surface area (Å²) in [5.74, 6) is 3.62. The standard InChI is InChI=1S/C20H28N8O.HI/c1-21-20(22-11-5-8-17-24-15-6-3-4-7-16(15)25-17)23-14-9-10-19-26-18(13-29-2)27-28(19)12-14;/h3-4,6-7,14H,5,8-13H2,1-2H3,(H,24,25)(H2,21,22,23);1H. The van der Waals surface area contributed by atoms with Crippen LogP contribution in [0.3, 0.4) is 0 Å². The van der Waals surface area contributed by atoms with Gasteiger partial charge in [0, 0.05) is 39.6 Å². The molecule has 3 N–H and O–H groups in total. The summed E-state index contributed by atoms with van der Waals surface area (Å²) < 4.78 is 7.11. The molecule has 1 aromatic carbocycles. The number of hydrogen-bond acceptors (Lipinski definition) is 5. The van der Waals surface area contributed by atoms with Gasteiger partial charge in [0.1, 0.15) is 18.3 Å². The van der Waals surface area contributed by atoms with Crippen LogP contribution in [0.25, 0.3) is 11.0 Å². The Bertz CT molecular complexity index is 949. The van der Waals surface area contributed by atoms with Crippen LogP contribution in [0.2, 0.25) is 0 Å². The molecule has 4 rings (SSSR count). The van der Waals surface area contributed by atoms with Gasteiger partial charge in [-0.3, -0.25) is 4.99 Å². The number of aromatic amines is 1. The number of nitrogens with one attached hydrogen (secondary N) is 3. The van der Waals surface area contributed by atoms with Crippen molar-refractivity contribution in [3.8, 4) is 0 Å². The minimum atomic E-state index is 0. The summed E-state index contributed by atoms with van der Waals surface area (Å²) in [7, 11) is 3.46. The second kappa shape index (κ2) is 10.7. The molecule has 1 atom stereocenters. The van der Waals surface area contributed by atoms with E-state index in [1.165, 1.54) is 0 Å². The Morgan fingerprint density at radius 1 is 1.33 bits per heavy atom. The Balaban J connectivity index is 0.00000256. The minimum Gasteiger partial charge on any atom is -0.377 e. The van der Waals surface area contributed by atoms with Crippen molar-refractivity contribution in [3.63, 3.8) is 0 Å². The van der Waals surface area contributed by atoms with Gasteiger partial charge in [-0.05, 0) is 25.0 Å². The van der Waals surface area contributed by atoms with Gasteiger partial charge < -0.3 is 20.4 Å². The van der Waals surface area contributed by atoms with E-state index in [1.807, 2.05) is 22.9 Å². The maximum Gasteiger partial charge on any atom is 0.191 e. The summed E-state index contributed by atoms with van der Waals surface area (Å²) in [6.45, 7) is 2.06. The summed E-state index contributed by atoms with van der Waals surface area (Å²) in [4.78, 5) is 16.9. The third kappa shape index (κ3) is 5.48. The minimum absolute atomic E-state index is 0. The van der Waals surface area contributed by atoms with Gasteiger partial charge in [0.05, 0.1) is 17.6 Å². The Morgan fingerprint density at radius 2 is 2.20 bits per heavy atom. The lowest BCUT2D eigenvalue weighted by molar-refractivity contribution is 0.177. The lowest BCUT2D eigenvalue weighted by atomic mass is 10.1. The third-order valence-corrected chi connectivity index (χ3v) is 5.06. The molecule has 1 aliphatic rings. The molecule has 2 aromatic heterocycles. The van der Waals surface area contributed by atoms with Crippen molar-refractivity contribution >= 4 is 41.0 Å². The SMILES string of the molecule is CN=C(NCCCc1nc2ccccc2[nH]1)NC1CCc2nc(COC)nn2C1.I. The highest BCUT2D eigenvalue weighted by atomic mass is 127. The molecule has 3 heterocycles. The molecule has 0 aliphatic carbocycles. The number of methoxy groups -OCH3 is 1. The number of imidazole rings is 1. The van der Waals surface area contributed by atoms with E-state index >= 15 is 0 Å². The summed E-state index contributed by atoms with van der Waals surface area (Å²) in [5.41, 5.74) is 2.11. The Hall–Kier alpha value is -2.21. The van der Waals surface area contributed by atoms with Crippen LogP contribution in [0.5, 0.6) is 0 Å². The fourth-order valence-electron chi connectivity index (χ4n) is 3.64. The molecule has 162 valence electrons. The van der Waals surface area contributed by atoms with Crippen molar-refractivity contribution in [3.05, 3.63) is 41.7 Å². The highest BCUT2D eigenvalue weighted by molar-refractivity contribution is 14.0. The van der Waals surface area contributed by atoms with Crippen molar-refractivity contribution in [2.45, 2.75) is 44.9 Å². The highest BCUT2D eigenvalue weighted by Crippen LogP contribution is 2.14. The molecule has 1 aliphatic heterocycles. The van der Waals surface area contributed by atoms with Gasteiger partial charge >= 0.3 is 0 Å². The van der Waals surface area contributed by atoms with E-state index in [0.29, 0.717) is 6.61 Å². The van der Waals surface area contributed by atoms with Crippen LogP contribution in [0.4, 0.5) is 0 Å². The van der Waals surface area contributed by atoms with Crippen molar-refractivity contribution in [2.24, 2.45) is 4.99 Å². The Labute approximate surface area is 193 Å². The molecule has 0 fully saturated rings. The number of ether oxygens (including phenoxy) is 1. The molecule has 0 bridgehead atoms. The van der Waals surface area contributed by atoms with E-state index in [4.69, 9.17) is 4.74 Å². The van der Waals surface area contributed by atoms with Crippen molar-refractivity contribution in [1.29, 1.82) is 0 Å². The largest absolute Gasteiger partial charge is 0.377 e. The molecule has 30 heavy (non-hydrogen) atoms. The van der Waals surface area contributed by atoms with Gasteiger partial charge in [-0.15, -0.1) is 24.0 Å². The van der Waals surface area contributed by atoms with Crippen LogP contribution in [-0.2, 0) is 30.7 Å². The molecule has 0 saturated heterocycles. The Kier molecular flexibility index (Phi) is 8.02. The summed E-state index contributed by atoms with van der Waals surface area (Å²) in [5, 5.41) is 11.4. The fourth-order valence-corrected chi connectivity index (χ4v) is 3.64. The van der Waals surface area contributed by atoms with E-state index in [0.717, 1.165) is 73.2 Å². The molecule has 10 heteroatoms. The van der Waals surface area contributed by atoms with Crippen LogP contribution in [0, 0.1) is 0 Å². The maximum absolute atomic E-state index is 5.13. The van der Waals surface area contributed by atoms with Crippen molar-refractivity contribution < 1.29 is 4.74 Å². The third-order valence-electron chi connectivity index (χ3n) is 5.06. The summed E-state index contributed by atoms with van der Waals surface area (Å²) in [6.07, 6.45) is 3.77. The molecule has 3 aromatic rings. The van der Waals surface area contributed by atoms with E-state index in [9.17, 15) is 0 Å². The van der Waals surface area contributed by atoms with Gasteiger partial charge in [-0.1, -0.05) is 12.1 Å². The fraction of sp³-hybridized carbons (Fsp3) is 0.500. The second-order valence-corrected chi connectivity index (χ2v) is 7.24. The van der Waals surface area contributed by atoms with Gasteiger partial charge in [0.25, 0.3) is 0 Å². The molecule has 0 spiro atoms. The van der Waals surface area contributed by atoms with Crippen molar-refractivity contribution in [1.82, 2.24) is 35.4 Å². The second-order valence-electron chi connectivity index (χ2n) is 7.24. The van der Waals surface area contributed by atoms with Crippen LogP contribution in [0.15, 0.2) is 29.3 Å². The van der Waals surface area contributed by atoms with E-state index in [2.05, 4.69) is 41.7 Å². The lowest BCUT2D eigenvalue weighted by Crippen LogP contribution is -2.47. The van der Waals surface area contributed by atoms with Crippen LogP contribution >= 0.6 is 24.0 Å².